The number of nitrogens with one attached hydrogen (secondary N) is 1. The van der Waals surface area contributed by atoms with Gasteiger partial charge >= 0.3 is 0 Å². The van der Waals surface area contributed by atoms with E-state index < -0.39 is 0 Å². The zero-order valence-electron chi connectivity index (χ0n) is 15.0. The fraction of sp³-hybridized carbons (Fsp3) is 0.421. The molecule has 5 nitrogen and oxygen atoms in total. The molecule has 0 bridgehead atoms. The number of aromatic nitrogens is 1. The van der Waals surface area contributed by atoms with Gasteiger partial charge in [-0.2, -0.15) is 0 Å². The lowest BCUT2D eigenvalue weighted by atomic mass is 10.1. The summed E-state index contributed by atoms with van der Waals surface area (Å²) in [6.07, 6.45) is 4.48. The molecule has 0 aliphatic rings. The molecule has 134 valence electrons. The van der Waals surface area contributed by atoms with Gasteiger partial charge in [-0.15, -0.1) is 11.3 Å². The van der Waals surface area contributed by atoms with Gasteiger partial charge in [0, 0.05) is 23.2 Å². The van der Waals surface area contributed by atoms with Crippen molar-refractivity contribution in [2.45, 2.75) is 40.0 Å². The quantitative estimate of drug-likeness (QED) is 0.778. The van der Waals surface area contributed by atoms with Crippen molar-refractivity contribution in [3.05, 3.63) is 46.5 Å². The fourth-order valence-corrected chi connectivity index (χ4v) is 3.09. The van der Waals surface area contributed by atoms with Crippen molar-refractivity contribution in [2.24, 2.45) is 0 Å². The number of nitrogens with zero attached hydrogens (tertiary/aromatic N) is 2. The van der Waals surface area contributed by atoms with Gasteiger partial charge in [0.25, 0.3) is 5.91 Å². The van der Waals surface area contributed by atoms with Crippen LogP contribution in [0.5, 0.6) is 0 Å². The topological polar surface area (TPSA) is 62.3 Å². The summed E-state index contributed by atoms with van der Waals surface area (Å²) in [6, 6.07) is 7.59. The molecule has 0 radical (unpaired) electrons. The molecule has 1 aromatic carbocycles. The SMILES string of the molecule is CCCCN(CC(=O)Nc1ncc(C)s1)C(=O)c1ccc(CC)cc1. The molecule has 0 saturated carbocycles. The van der Waals surface area contributed by atoms with Crippen molar-refractivity contribution in [3.63, 3.8) is 0 Å². The minimum atomic E-state index is -0.219. The number of benzene rings is 1. The predicted molar refractivity (Wildman–Crippen MR) is 102 cm³/mol. The Labute approximate surface area is 153 Å². The number of hydrogen-bond donors (Lipinski definition) is 1. The van der Waals surface area contributed by atoms with Crippen molar-refractivity contribution < 1.29 is 9.59 Å². The maximum absolute atomic E-state index is 12.8. The highest BCUT2D eigenvalue weighted by molar-refractivity contribution is 7.15. The van der Waals surface area contributed by atoms with Gasteiger partial charge in [0.15, 0.2) is 5.13 Å². The van der Waals surface area contributed by atoms with Crippen LogP contribution in [0.3, 0.4) is 0 Å². The second-order valence-corrected chi connectivity index (χ2v) is 7.19. The molecule has 6 heteroatoms. The molecule has 0 aliphatic heterocycles. The molecular formula is C19H25N3O2S. The molecule has 2 rings (SSSR count). The number of unbranched alkanes of at least 4 members (excludes halogenated alkanes) is 1. The molecular weight excluding hydrogens is 334 g/mol. The largest absolute Gasteiger partial charge is 0.329 e. The first kappa shape index (κ1) is 19.1. The molecule has 0 aliphatic carbocycles. The molecule has 0 atom stereocenters. The van der Waals surface area contributed by atoms with Crippen molar-refractivity contribution in [1.29, 1.82) is 0 Å². The van der Waals surface area contributed by atoms with Gasteiger partial charge < -0.3 is 10.2 Å². The fourth-order valence-electron chi connectivity index (χ4n) is 2.41. The van der Waals surface area contributed by atoms with E-state index in [4.69, 9.17) is 0 Å². The summed E-state index contributed by atoms with van der Waals surface area (Å²) in [5.74, 6) is -0.328. The number of amides is 2. The zero-order chi connectivity index (χ0) is 18.2. The summed E-state index contributed by atoms with van der Waals surface area (Å²) in [7, 11) is 0. The second-order valence-electron chi connectivity index (χ2n) is 5.95. The second kappa shape index (κ2) is 9.32. The Morgan fingerprint density at radius 1 is 1.20 bits per heavy atom. The summed E-state index contributed by atoms with van der Waals surface area (Å²) in [6.45, 7) is 6.68. The Balaban J connectivity index is 2.05. The third-order valence-electron chi connectivity index (χ3n) is 3.88. The van der Waals surface area contributed by atoms with Crippen molar-refractivity contribution >= 4 is 28.3 Å². The molecule has 1 aromatic heterocycles. The molecule has 2 amide bonds. The number of anilines is 1. The first-order valence-electron chi connectivity index (χ1n) is 8.64. The highest BCUT2D eigenvalue weighted by atomic mass is 32.1. The van der Waals surface area contributed by atoms with E-state index in [1.807, 2.05) is 31.2 Å². The third kappa shape index (κ3) is 5.67. The summed E-state index contributed by atoms with van der Waals surface area (Å²) < 4.78 is 0. The van der Waals surface area contributed by atoms with Crippen LogP contribution < -0.4 is 5.32 Å². The van der Waals surface area contributed by atoms with Crippen molar-refractivity contribution in [2.75, 3.05) is 18.4 Å². The van der Waals surface area contributed by atoms with Gasteiger partial charge in [-0.1, -0.05) is 32.4 Å². The highest BCUT2D eigenvalue weighted by Crippen LogP contribution is 2.16. The Morgan fingerprint density at radius 2 is 1.92 bits per heavy atom. The normalized spacial score (nSPS) is 10.5. The van der Waals surface area contributed by atoms with Crippen molar-refractivity contribution in [3.8, 4) is 0 Å². The van der Waals surface area contributed by atoms with Crippen LogP contribution in [-0.2, 0) is 11.2 Å². The van der Waals surface area contributed by atoms with Gasteiger partial charge in [0.1, 0.15) is 6.54 Å². The van der Waals surface area contributed by atoms with Crippen LogP contribution in [-0.4, -0.2) is 34.8 Å². The maximum atomic E-state index is 12.8. The third-order valence-corrected chi connectivity index (χ3v) is 4.71. The monoisotopic (exact) mass is 359 g/mol. The summed E-state index contributed by atoms with van der Waals surface area (Å²) >= 11 is 1.42. The molecule has 0 unspecified atom stereocenters. The average Bonchev–Trinajstić information content (AvgIpc) is 3.02. The maximum Gasteiger partial charge on any atom is 0.254 e. The molecule has 0 fully saturated rings. The van der Waals surface area contributed by atoms with E-state index in [-0.39, 0.29) is 18.4 Å². The van der Waals surface area contributed by atoms with Crippen LogP contribution in [0.2, 0.25) is 0 Å². The van der Waals surface area contributed by atoms with Gasteiger partial charge in [0.05, 0.1) is 0 Å². The first-order valence-corrected chi connectivity index (χ1v) is 9.45. The number of carbonyl (C=O) groups excluding carboxylic acids is 2. The van der Waals surface area contributed by atoms with Crippen LogP contribution in [0.15, 0.2) is 30.5 Å². The molecule has 25 heavy (non-hydrogen) atoms. The highest BCUT2D eigenvalue weighted by Gasteiger charge is 2.19. The Hall–Kier alpha value is -2.21. The van der Waals surface area contributed by atoms with E-state index in [0.717, 1.165) is 24.1 Å². The number of carbonyl (C=O) groups is 2. The lowest BCUT2D eigenvalue weighted by Gasteiger charge is -2.22. The van der Waals surface area contributed by atoms with Gasteiger partial charge in [-0.05, 0) is 37.5 Å². The van der Waals surface area contributed by atoms with E-state index >= 15 is 0 Å². The van der Waals surface area contributed by atoms with Crippen molar-refractivity contribution in [1.82, 2.24) is 9.88 Å². The van der Waals surface area contributed by atoms with E-state index in [1.165, 1.54) is 16.9 Å². The number of rotatable bonds is 8. The van der Waals surface area contributed by atoms with Gasteiger partial charge in [0.2, 0.25) is 5.91 Å². The van der Waals surface area contributed by atoms with Crippen LogP contribution in [0.1, 0.15) is 47.5 Å². The minimum Gasteiger partial charge on any atom is -0.329 e. The lowest BCUT2D eigenvalue weighted by Crippen LogP contribution is -2.38. The Morgan fingerprint density at radius 3 is 2.48 bits per heavy atom. The number of hydrogen-bond acceptors (Lipinski definition) is 4. The van der Waals surface area contributed by atoms with Crippen LogP contribution >= 0.6 is 11.3 Å². The van der Waals surface area contributed by atoms with E-state index in [9.17, 15) is 9.59 Å². The zero-order valence-corrected chi connectivity index (χ0v) is 15.9. The standard InChI is InChI=1S/C19H25N3O2S/c1-4-6-11-22(13-17(23)21-19-20-12-14(3)25-19)18(24)16-9-7-15(5-2)8-10-16/h7-10,12H,4-6,11,13H2,1-3H3,(H,20,21,23). The first-order chi connectivity index (χ1) is 12.0. The molecule has 1 N–H and O–H groups in total. The van der Waals surface area contributed by atoms with Crippen LogP contribution in [0.25, 0.3) is 0 Å². The average molecular weight is 359 g/mol. The number of aryl methyl sites for hydroxylation is 2. The van der Waals surface area contributed by atoms with E-state index in [1.54, 1.807) is 11.1 Å². The molecule has 1 heterocycles. The Bertz CT molecular complexity index is 710. The van der Waals surface area contributed by atoms with E-state index in [2.05, 4.69) is 24.1 Å². The molecule has 0 spiro atoms. The van der Waals surface area contributed by atoms with Gasteiger partial charge in [-0.25, -0.2) is 4.98 Å². The predicted octanol–water partition coefficient (Wildman–Crippen LogP) is 3.89. The summed E-state index contributed by atoms with van der Waals surface area (Å²) in [5, 5.41) is 3.34. The summed E-state index contributed by atoms with van der Waals surface area (Å²) in [5.41, 5.74) is 1.81. The molecule has 2 aromatic rings. The Kier molecular flexibility index (Phi) is 7.13. The van der Waals surface area contributed by atoms with Crippen LogP contribution in [0, 0.1) is 6.92 Å². The number of thiazole rings is 1. The molecule has 0 saturated heterocycles. The summed E-state index contributed by atoms with van der Waals surface area (Å²) in [4.78, 5) is 31.8. The van der Waals surface area contributed by atoms with Crippen LogP contribution in [0.4, 0.5) is 5.13 Å². The van der Waals surface area contributed by atoms with E-state index in [0.29, 0.717) is 17.2 Å². The smallest absolute Gasteiger partial charge is 0.254 e. The lowest BCUT2D eigenvalue weighted by molar-refractivity contribution is -0.116. The van der Waals surface area contributed by atoms with Gasteiger partial charge in [-0.3, -0.25) is 9.59 Å². The minimum absolute atomic E-state index is 0.0347.